The van der Waals surface area contributed by atoms with Gasteiger partial charge >= 0.3 is 0 Å². The third kappa shape index (κ3) is 2.01. The van der Waals surface area contributed by atoms with E-state index in [-0.39, 0.29) is 0 Å². The van der Waals surface area contributed by atoms with E-state index in [9.17, 15) is 5.11 Å². The summed E-state index contributed by atoms with van der Waals surface area (Å²) >= 11 is 0. The zero-order chi connectivity index (χ0) is 14.3. The normalized spacial score (nSPS) is 16.4. The highest BCUT2D eigenvalue weighted by Crippen LogP contribution is 2.40. The van der Waals surface area contributed by atoms with Gasteiger partial charge in [0.1, 0.15) is 11.4 Å². The molecule has 2 nitrogen and oxygen atoms in total. The van der Waals surface area contributed by atoms with Crippen LogP contribution in [0.15, 0.2) is 36.4 Å². The Kier molecular flexibility index (Phi) is 3.06. The van der Waals surface area contributed by atoms with Crippen molar-refractivity contribution in [3.63, 3.8) is 0 Å². The van der Waals surface area contributed by atoms with Crippen LogP contribution < -0.4 is 4.74 Å². The van der Waals surface area contributed by atoms with Crippen molar-refractivity contribution in [3.8, 4) is 5.75 Å². The molecule has 0 aliphatic carbocycles. The van der Waals surface area contributed by atoms with Crippen molar-refractivity contribution in [3.05, 3.63) is 64.2 Å². The van der Waals surface area contributed by atoms with Gasteiger partial charge in [-0.3, -0.25) is 0 Å². The number of aryl methyl sites for hydroxylation is 2. The molecule has 0 radical (unpaired) electrons. The first kappa shape index (κ1) is 13.2. The van der Waals surface area contributed by atoms with Crippen molar-refractivity contribution in [2.24, 2.45) is 0 Å². The molecular formula is C18H20O2. The molecule has 0 spiro atoms. The van der Waals surface area contributed by atoms with Crippen LogP contribution in [0.5, 0.6) is 5.75 Å². The minimum atomic E-state index is -1.04. The van der Waals surface area contributed by atoms with Crippen molar-refractivity contribution in [2.75, 3.05) is 6.61 Å². The van der Waals surface area contributed by atoms with Crippen molar-refractivity contribution in [1.82, 2.24) is 0 Å². The first-order chi connectivity index (χ1) is 9.50. The summed E-state index contributed by atoms with van der Waals surface area (Å²) in [7, 11) is 0. The SMILES string of the molecule is Cc1ccc(C)c(C(C)(O)c2cccc3c2OCC3)c1. The molecule has 0 fully saturated rings. The average Bonchev–Trinajstić information content (AvgIpc) is 2.89. The van der Waals surface area contributed by atoms with Crippen LogP contribution in [0.1, 0.15) is 34.7 Å². The second-order valence-corrected chi connectivity index (χ2v) is 5.78. The Morgan fingerprint density at radius 1 is 1.10 bits per heavy atom. The zero-order valence-corrected chi connectivity index (χ0v) is 12.2. The second kappa shape index (κ2) is 4.64. The molecule has 2 heteroatoms. The van der Waals surface area contributed by atoms with Gasteiger partial charge in [0.05, 0.1) is 6.61 Å². The van der Waals surface area contributed by atoms with Crippen LogP contribution >= 0.6 is 0 Å². The van der Waals surface area contributed by atoms with Crippen molar-refractivity contribution >= 4 is 0 Å². The predicted octanol–water partition coefficient (Wildman–Crippen LogP) is 3.49. The Labute approximate surface area is 120 Å². The Balaban J connectivity index is 2.17. The third-order valence-corrected chi connectivity index (χ3v) is 4.16. The van der Waals surface area contributed by atoms with E-state index in [0.717, 1.165) is 34.4 Å². The summed E-state index contributed by atoms with van der Waals surface area (Å²) < 4.78 is 5.75. The van der Waals surface area contributed by atoms with Crippen molar-refractivity contribution in [1.29, 1.82) is 0 Å². The third-order valence-electron chi connectivity index (χ3n) is 4.16. The van der Waals surface area contributed by atoms with Gasteiger partial charge in [-0.1, -0.05) is 42.0 Å². The summed E-state index contributed by atoms with van der Waals surface area (Å²) in [5, 5.41) is 11.1. The molecule has 1 aliphatic heterocycles. The summed E-state index contributed by atoms with van der Waals surface area (Å²) in [4.78, 5) is 0. The molecule has 0 saturated carbocycles. The van der Waals surface area contributed by atoms with Crippen molar-refractivity contribution in [2.45, 2.75) is 32.8 Å². The van der Waals surface area contributed by atoms with Crippen LogP contribution in [-0.2, 0) is 12.0 Å². The summed E-state index contributed by atoms with van der Waals surface area (Å²) in [6.07, 6.45) is 0.923. The lowest BCUT2D eigenvalue weighted by atomic mass is 9.83. The van der Waals surface area contributed by atoms with Gasteiger partial charge in [0.2, 0.25) is 0 Å². The van der Waals surface area contributed by atoms with Gasteiger partial charge in [0, 0.05) is 12.0 Å². The molecule has 3 rings (SSSR count). The molecule has 2 aromatic carbocycles. The highest BCUT2D eigenvalue weighted by Gasteiger charge is 2.32. The number of ether oxygens (including phenoxy) is 1. The first-order valence-electron chi connectivity index (χ1n) is 7.05. The maximum Gasteiger partial charge on any atom is 0.129 e. The van der Waals surface area contributed by atoms with Crippen LogP contribution in [0, 0.1) is 13.8 Å². The molecular weight excluding hydrogens is 248 g/mol. The molecule has 1 aliphatic rings. The highest BCUT2D eigenvalue weighted by molar-refractivity contribution is 5.52. The number of hydrogen-bond acceptors (Lipinski definition) is 2. The zero-order valence-electron chi connectivity index (χ0n) is 12.2. The van der Waals surface area contributed by atoms with Crippen LogP contribution in [0.3, 0.4) is 0 Å². The van der Waals surface area contributed by atoms with E-state index in [4.69, 9.17) is 4.74 Å². The Hall–Kier alpha value is -1.80. The van der Waals surface area contributed by atoms with E-state index < -0.39 is 5.60 Å². The first-order valence-corrected chi connectivity index (χ1v) is 7.05. The summed E-state index contributed by atoms with van der Waals surface area (Å²) in [6, 6.07) is 12.2. The Bertz CT molecular complexity index is 656. The maximum absolute atomic E-state index is 11.1. The molecule has 0 saturated heterocycles. The number of benzene rings is 2. The highest BCUT2D eigenvalue weighted by atomic mass is 16.5. The summed E-state index contributed by atoms with van der Waals surface area (Å²) in [5.41, 5.74) is 4.21. The summed E-state index contributed by atoms with van der Waals surface area (Å²) in [6.45, 7) is 6.64. The van der Waals surface area contributed by atoms with Crippen LogP contribution in [-0.4, -0.2) is 11.7 Å². The van der Waals surface area contributed by atoms with E-state index in [1.807, 2.05) is 32.9 Å². The topological polar surface area (TPSA) is 29.5 Å². The lowest BCUT2D eigenvalue weighted by molar-refractivity contribution is 0.0980. The van der Waals surface area contributed by atoms with Gasteiger partial charge in [-0.25, -0.2) is 0 Å². The molecule has 0 aromatic heterocycles. The van der Waals surface area contributed by atoms with Gasteiger partial charge in [-0.15, -0.1) is 0 Å². The Morgan fingerprint density at radius 2 is 1.90 bits per heavy atom. The molecule has 20 heavy (non-hydrogen) atoms. The van der Waals surface area contributed by atoms with E-state index >= 15 is 0 Å². The monoisotopic (exact) mass is 268 g/mol. The maximum atomic E-state index is 11.1. The Morgan fingerprint density at radius 3 is 2.70 bits per heavy atom. The minimum absolute atomic E-state index is 0.704. The largest absolute Gasteiger partial charge is 0.493 e. The minimum Gasteiger partial charge on any atom is -0.493 e. The van der Waals surface area contributed by atoms with Crippen molar-refractivity contribution < 1.29 is 9.84 Å². The van der Waals surface area contributed by atoms with Gasteiger partial charge < -0.3 is 9.84 Å². The number of para-hydroxylation sites is 1. The van der Waals surface area contributed by atoms with E-state index in [2.05, 4.69) is 24.3 Å². The van der Waals surface area contributed by atoms with Crippen LogP contribution in [0.2, 0.25) is 0 Å². The standard InChI is InChI=1S/C18H20O2/c1-12-7-8-13(2)16(11-12)18(3,19)15-6-4-5-14-9-10-20-17(14)15/h4-8,11,19H,9-10H2,1-3H3. The van der Waals surface area contributed by atoms with Gasteiger partial charge in [0.25, 0.3) is 0 Å². The number of hydrogen-bond donors (Lipinski definition) is 1. The lowest BCUT2D eigenvalue weighted by Gasteiger charge is -2.28. The van der Waals surface area contributed by atoms with Crippen LogP contribution in [0.4, 0.5) is 0 Å². The van der Waals surface area contributed by atoms with Crippen LogP contribution in [0.25, 0.3) is 0 Å². The number of aliphatic hydroxyl groups is 1. The molecule has 1 unspecified atom stereocenters. The molecule has 0 bridgehead atoms. The molecule has 1 heterocycles. The molecule has 104 valence electrons. The molecule has 1 N–H and O–H groups in total. The average molecular weight is 268 g/mol. The summed E-state index contributed by atoms with van der Waals surface area (Å²) in [5.74, 6) is 0.860. The fraction of sp³-hybridized carbons (Fsp3) is 0.333. The number of fused-ring (bicyclic) bond motifs is 1. The van der Waals surface area contributed by atoms with E-state index in [1.165, 1.54) is 5.56 Å². The fourth-order valence-corrected chi connectivity index (χ4v) is 3.00. The molecule has 2 aromatic rings. The fourth-order valence-electron chi connectivity index (χ4n) is 3.00. The second-order valence-electron chi connectivity index (χ2n) is 5.78. The van der Waals surface area contributed by atoms with Gasteiger partial charge in [0.15, 0.2) is 0 Å². The van der Waals surface area contributed by atoms with E-state index in [1.54, 1.807) is 0 Å². The smallest absolute Gasteiger partial charge is 0.129 e. The number of rotatable bonds is 2. The van der Waals surface area contributed by atoms with Gasteiger partial charge in [-0.05, 0) is 37.5 Å². The molecule has 0 amide bonds. The predicted molar refractivity (Wildman–Crippen MR) is 80.2 cm³/mol. The van der Waals surface area contributed by atoms with Gasteiger partial charge in [-0.2, -0.15) is 0 Å². The lowest BCUT2D eigenvalue weighted by Crippen LogP contribution is -2.25. The van der Waals surface area contributed by atoms with E-state index in [0.29, 0.717) is 6.61 Å². The molecule has 1 atom stereocenters. The quantitative estimate of drug-likeness (QED) is 0.903.